The Hall–Kier alpha value is -2.45. The van der Waals surface area contributed by atoms with E-state index < -0.39 is 0 Å². The molecule has 2 aromatic rings. The Balaban J connectivity index is 2.14. The number of hydrogen-bond acceptors (Lipinski definition) is 6. The van der Waals surface area contributed by atoms with Gasteiger partial charge in [0.1, 0.15) is 17.8 Å². The fourth-order valence-electron chi connectivity index (χ4n) is 2.17. The Labute approximate surface area is 122 Å². The van der Waals surface area contributed by atoms with E-state index in [9.17, 15) is 10.1 Å². The summed E-state index contributed by atoms with van der Waals surface area (Å²) in [5, 5.41) is 26.3. The van der Waals surface area contributed by atoms with Gasteiger partial charge in [0.15, 0.2) is 0 Å². The first-order chi connectivity index (χ1) is 10.0. The van der Waals surface area contributed by atoms with Crippen LogP contribution in [0.25, 0.3) is 0 Å². The van der Waals surface area contributed by atoms with Gasteiger partial charge < -0.3 is 9.88 Å². The number of rotatable bonds is 7. The molecule has 21 heavy (non-hydrogen) atoms. The zero-order chi connectivity index (χ0) is 15.4. The third-order valence-electron chi connectivity index (χ3n) is 3.16. The summed E-state index contributed by atoms with van der Waals surface area (Å²) >= 11 is 0. The van der Waals surface area contributed by atoms with Crippen molar-refractivity contribution in [3.63, 3.8) is 0 Å². The largest absolute Gasteiger partial charge is 0.364 e. The molecule has 0 unspecified atom stereocenters. The van der Waals surface area contributed by atoms with E-state index in [4.69, 9.17) is 0 Å². The summed E-state index contributed by atoms with van der Waals surface area (Å²) in [6, 6.07) is 0. The summed E-state index contributed by atoms with van der Waals surface area (Å²) < 4.78 is 3.48. The Morgan fingerprint density at radius 1 is 1.48 bits per heavy atom. The van der Waals surface area contributed by atoms with Crippen LogP contribution in [0.4, 0.5) is 11.5 Å². The number of aromatic nitrogens is 5. The van der Waals surface area contributed by atoms with Crippen molar-refractivity contribution in [2.45, 2.75) is 33.2 Å². The van der Waals surface area contributed by atoms with E-state index in [2.05, 4.69) is 20.6 Å². The molecule has 0 spiro atoms. The molecule has 0 aliphatic rings. The van der Waals surface area contributed by atoms with Crippen molar-refractivity contribution in [3.8, 4) is 0 Å². The summed E-state index contributed by atoms with van der Waals surface area (Å²) in [4.78, 5) is 10.8. The maximum atomic E-state index is 11.2. The molecule has 0 aliphatic heterocycles. The molecule has 2 heterocycles. The first-order valence-electron chi connectivity index (χ1n) is 6.83. The van der Waals surface area contributed by atoms with Gasteiger partial charge in [-0.15, -0.1) is 10.2 Å². The molecule has 0 amide bonds. The molecular formula is C12H19N7O2. The van der Waals surface area contributed by atoms with E-state index in [1.165, 1.54) is 0 Å². The van der Waals surface area contributed by atoms with Gasteiger partial charge in [-0.2, -0.15) is 5.10 Å². The van der Waals surface area contributed by atoms with Crippen LogP contribution >= 0.6 is 0 Å². The summed E-state index contributed by atoms with van der Waals surface area (Å²) in [5.74, 6) is 1.28. The topological polar surface area (TPSA) is 104 Å². The summed E-state index contributed by atoms with van der Waals surface area (Å²) in [6.45, 7) is 4.83. The first kappa shape index (κ1) is 14.9. The van der Waals surface area contributed by atoms with E-state index in [0.717, 1.165) is 12.2 Å². The van der Waals surface area contributed by atoms with Gasteiger partial charge in [-0.1, -0.05) is 6.92 Å². The molecule has 0 atom stereocenters. The lowest BCUT2D eigenvalue weighted by Crippen LogP contribution is -2.13. The maximum Gasteiger partial charge on any atom is 0.333 e. The van der Waals surface area contributed by atoms with E-state index in [0.29, 0.717) is 31.0 Å². The van der Waals surface area contributed by atoms with Crippen molar-refractivity contribution in [3.05, 3.63) is 28.0 Å². The van der Waals surface area contributed by atoms with Gasteiger partial charge >= 0.3 is 5.69 Å². The second kappa shape index (κ2) is 6.33. The van der Waals surface area contributed by atoms with Crippen LogP contribution in [-0.4, -0.2) is 36.0 Å². The van der Waals surface area contributed by atoms with Crippen LogP contribution in [0.5, 0.6) is 0 Å². The fraction of sp³-hybridized carbons (Fsp3) is 0.583. The number of nitro groups is 1. The van der Waals surface area contributed by atoms with Crippen LogP contribution in [-0.2, 0) is 20.0 Å². The standard InChI is InChI=1S/C12H19N7O2/c1-4-7-18-12(11(19(20)21)9(2)16-18)13-6-5-10-15-14-8-17(10)3/h8,13H,4-7H2,1-3H3. The number of nitrogens with one attached hydrogen (secondary N) is 1. The average Bonchev–Trinajstić information content (AvgIpc) is 2.95. The minimum Gasteiger partial charge on any atom is -0.364 e. The van der Waals surface area contributed by atoms with Crippen LogP contribution in [0.1, 0.15) is 24.9 Å². The number of anilines is 1. The van der Waals surface area contributed by atoms with E-state index in [1.807, 2.05) is 18.5 Å². The fourth-order valence-corrected chi connectivity index (χ4v) is 2.17. The van der Waals surface area contributed by atoms with Crippen molar-refractivity contribution in [1.82, 2.24) is 24.5 Å². The second-order valence-electron chi connectivity index (χ2n) is 4.80. The van der Waals surface area contributed by atoms with Gasteiger partial charge in [-0.3, -0.25) is 10.1 Å². The van der Waals surface area contributed by atoms with Gasteiger partial charge in [0, 0.05) is 26.6 Å². The van der Waals surface area contributed by atoms with Crippen LogP contribution in [0.3, 0.4) is 0 Å². The Morgan fingerprint density at radius 3 is 2.81 bits per heavy atom. The van der Waals surface area contributed by atoms with E-state index in [-0.39, 0.29) is 10.6 Å². The molecule has 1 N–H and O–H groups in total. The zero-order valence-corrected chi connectivity index (χ0v) is 12.4. The van der Waals surface area contributed by atoms with Crippen LogP contribution in [0.2, 0.25) is 0 Å². The smallest absolute Gasteiger partial charge is 0.333 e. The lowest BCUT2D eigenvalue weighted by Gasteiger charge is -2.08. The molecule has 0 radical (unpaired) electrons. The average molecular weight is 293 g/mol. The molecule has 0 aromatic carbocycles. The van der Waals surface area contributed by atoms with Gasteiger partial charge in [-0.05, 0) is 13.3 Å². The number of hydrogen-bond donors (Lipinski definition) is 1. The highest BCUT2D eigenvalue weighted by Crippen LogP contribution is 2.28. The Bertz CT molecular complexity index is 632. The molecule has 0 saturated carbocycles. The SMILES string of the molecule is CCCn1nc(C)c([N+](=O)[O-])c1NCCc1nncn1C. The third-order valence-corrected chi connectivity index (χ3v) is 3.16. The summed E-state index contributed by atoms with van der Waals surface area (Å²) in [5.41, 5.74) is 0.469. The highest BCUT2D eigenvalue weighted by Gasteiger charge is 2.24. The van der Waals surface area contributed by atoms with Crippen molar-refractivity contribution in [1.29, 1.82) is 0 Å². The summed E-state index contributed by atoms with van der Waals surface area (Å²) in [7, 11) is 1.86. The van der Waals surface area contributed by atoms with Gasteiger partial charge in [-0.25, -0.2) is 4.68 Å². The minimum absolute atomic E-state index is 0.0430. The third kappa shape index (κ3) is 3.18. The first-order valence-corrected chi connectivity index (χ1v) is 6.83. The van der Waals surface area contributed by atoms with Gasteiger partial charge in [0.25, 0.3) is 0 Å². The molecule has 0 fully saturated rings. The molecule has 0 aliphatic carbocycles. The quantitative estimate of drug-likeness (QED) is 0.609. The predicted octanol–water partition coefficient (Wildman–Crippen LogP) is 1.29. The zero-order valence-electron chi connectivity index (χ0n) is 12.4. The lowest BCUT2D eigenvalue weighted by molar-refractivity contribution is -0.384. The molecule has 9 heteroatoms. The predicted molar refractivity (Wildman–Crippen MR) is 77.1 cm³/mol. The molecule has 0 saturated heterocycles. The number of nitrogens with zero attached hydrogens (tertiary/aromatic N) is 6. The Kier molecular flexibility index (Phi) is 4.51. The second-order valence-corrected chi connectivity index (χ2v) is 4.80. The van der Waals surface area contributed by atoms with Crippen LogP contribution in [0, 0.1) is 17.0 Å². The van der Waals surface area contributed by atoms with Crippen LogP contribution in [0.15, 0.2) is 6.33 Å². The van der Waals surface area contributed by atoms with Gasteiger partial charge in [0.05, 0.1) is 4.92 Å². The highest BCUT2D eigenvalue weighted by atomic mass is 16.6. The van der Waals surface area contributed by atoms with Crippen LogP contribution < -0.4 is 5.32 Å². The molecule has 114 valence electrons. The Morgan fingerprint density at radius 2 is 2.24 bits per heavy atom. The van der Waals surface area contributed by atoms with Gasteiger partial charge in [0.2, 0.25) is 5.82 Å². The molecular weight excluding hydrogens is 274 g/mol. The monoisotopic (exact) mass is 293 g/mol. The maximum absolute atomic E-state index is 11.2. The van der Waals surface area contributed by atoms with Crippen molar-refractivity contribution < 1.29 is 4.92 Å². The normalized spacial score (nSPS) is 10.8. The van der Waals surface area contributed by atoms with Crippen molar-refractivity contribution >= 4 is 11.5 Å². The van der Waals surface area contributed by atoms with E-state index >= 15 is 0 Å². The van der Waals surface area contributed by atoms with Crippen molar-refractivity contribution in [2.75, 3.05) is 11.9 Å². The number of aryl methyl sites for hydroxylation is 3. The molecule has 9 nitrogen and oxygen atoms in total. The van der Waals surface area contributed by atoms with Crippen molar-refractivity contribution in [2.24, 2.45) is 7.05 Å². The highest BCUT2D eigenvalue weighted by molar-refractivity contribution is 5.59. The molecule has 0 bridgehead atoms. The van der Waals surface area contributed by atoms with E-state index in [1.54, 1.807) is 17.9 Å². The molecule has 2 rings (SSSR count). The summed E-state index contributed by atoms with van der Waals surface area (Å²) in [6.07, 6.45) is 3.11. The lowest BCUT2D eigenvalue weighted by atomic mass is 10.3. The molecule has 2 aromatic heterocycles. The minimum atomic E-state index is -0.390.